The Bertz CT molecular complexity index is 459. The first kappa shape index (κ1) is 14.7. The van der Waals surface area contributed by atoms with Crippen molar-refractivity contribution in [3.05, 3.63) is 39.9 Å². The molecule has 0 radical (unpaired) electrons. The molecule has 98 valence electrons. The van der Waals surface area contributed by atoms with Crippen molar-refractivity contribution in [1.82, 2.24) is 0 Å². The number of para-hydroxylation sites is 1. The van der Waals surface area contributed by atoms with Gasteiger partial charge in [-0.05, 0) is 18.9 Å². The van der Waals surface area contributed by atoms with E-state index >= 15 is 0 Å². The lowest BCUT2D eigenvalue weighted by Crippen LogP contribution is -2.26. The van der Waals surface area contributed by atoms with Crippen LogP contribution in [0.15, 0.2) is 24.3 Å². The molecule has 1 unspecified atom stereocenters. The average Bonchev–Trinajstić information content (AvgIpc) is 2.35. The predicted molar refractivity (Wildman–Crippen MR) is 66.3 cm³/mol. The van der Waals surface area contributed by atoms with Crippen molar-refractivity contribution >= 4 is 13.9 Å². The highest BCUT2D eigenvalue weighted by atomic mass is 31.1. The molecule has 1 N–H and O–H groups in total. The number of rotatable bonds is 6. The Morgan fingerprint density at radius 1 is 1.39 bits per heavy atom. The van der Waals surface area contributed by atoms with Gasteiger partial charge in [0.15, 0.2) is 5.60 Å². The molecule has 18 heavy (non-hydrogen) atoms. The minimum atomic E-state index is -2.83. The summed E-state index contributed by atoms with van der Waals surface area (Å²) in [5.41, 5.74) is -0.873. The molecule has 1 aromatic carbocycles. The monoisotopic (exact) mass is 272 g/mol. The van der Waals surface area contributed by atoms with Crippen molar-refractivity contribution in [2.45, 2.75) is 32.3 Å². The van der Waals surface area contributed by atoms with Crippen LogP contribution in [0, 0.1) is 10.1 Å². The summed E-state index contributed by atoms with van der Waals surface area (Å²) in [5.74, 6) is 0. The van der Waals surface area contributed by atoms with Crippen LogP contribution < -0.4 is 0 Å². The first-order valence-electron chi connectivity index (χ1n) is 5.56. The molecule has 0 aliphatic rings. The standard InChI is InChI=1S/C11H14NO5P/c1-3-11(4-2,17-18(15)16)9-7-5-6-8-10(9)12(13)14/h5-8H,3-4H2,1-2H3/p+1. The van der Waals surface area contributed by atoms with Crippen molar-refractivity contribution in [1.29, 1.82) is 0 Å². The van der Waals surface area contributed by atoms with Crippen molar-refractivity contribution in [2.24, 2.45) is 0 Å². The van der Waals surface area contributed by atoms with Gasteiger partial charge < -0.3 is 0 Å². The number of nitro groups is 1. The number of benzene rings is 1. The number of hydrogen-bond acceptors (Lipinski definition) is 4. The second-order valence-corrected chi connectivity index (χ2v) is 4.46. The Balaban J connectivity index is 3.37. The van der Waals surface area contributed by atoms with E-state index in [0.717, 1.165) is 0 Å². The lowest BCUT2D eigenvalue weighted by molar-refractivity contribution is -0.386. The molecule has 0 heterocycles. The number of nitro benzene ring substituents is 1. The van der Waals surface area contributed by atoms with Crippen LogP contribution in [-0.4, -0.2) is 9.82 Å². The van der Waals surface area contributed by atoms with E-state index in [1.165, 1.54) is 6.07 Å². The van der Waals surface area contributed by atoms with Gasteiger partial charge in [-0.25, -0.2) is 0 Å². The Hall–Kier alpha value is -1.36. The van der Waals surface area contributed by atoms with Gasteiger partial charge in [-0.1, -0.05) is 26.0 Å². The normalized spacial score (nSPS) is 12.3. The zero-order valence-electron chi connectivity index (χ0n) is 10.2. The third-order valence-corrected chi connectivity index (χ3v) is 3.49. The van der Waals surface area contributed by atoms with Crippen LogP contribution in [0.2, 0.25) is 0 Å². The Kier molecular flexibility index (Phi) is 4.90. The zero-order valence-corrected chi connectivity index (χ0v) is 11.1. The van der Waals surface area contributed by atoms with Crippen LogP contribution in [0.3, 0.4) is 0 Å². The Labute approximate surface area is 106 Å². The van der Waals surface area contributed by atoms with Crippen LogP contribution in [-0.2, 0) is 14.7 Å². The fourth-order valence-electron chi connectivity index (χ4n) is 1.98. The first-order valence-corrected chi connectivity index (χ1v) is 6.69. The topological polar surface area (TPSA) is 89.7 Å². The summed E-state index contributed by atoms with van der Waals surface area (Å²) in [6.45, 7) is 3.53. The summed E-state index contributed by atoms with van der Waals surface area (Å²) in [5, 5.41) is 11.0. The first-order chi connectivity index (χ1) is 8.46. The molecule has 0 fully saturated rings. The van der Waals surface area contributed by atoms with E-state index in [2.05, 4.69) is 0 Å². The maximum Gasteiger partial charge on any atom is 0.695 e. The van der Waals surface area contributed by atoms with E-state index in [9.17, 15) is 14.7 Å². The van der Waals surface area contributed by atoms with Crippen LogP contribution in [0.4, 0.5) is 5.69 Å². The summed E-state index contributed by atoms with van der Waals surface area (Å²) in [7, 11) is -2.83. The van der Waals surface area contributed by atoms with E-state index < -0.39 is 18.8 Å². The van der Waals surface area contributed by atoms with Crippen LogP contribution in [0.25, 0.3) is 0 Å². The highest BCUT2D eigenvalue weighted by Crippen LogP contribution is 2.43. The maximum atomic E-state index is 11.0. The molecule has 1 rings (SSSR count). The predicted octanol–water partition coefficient (Wildman–Crippen LogP) is 3.28. The fourth-order valence-corrected chi connectivity index (χ4v) is 2.63. The molecule has 0 aliphatic heterocycles. The fraction of sp³-hybridized carbons (Fsp3) is 0.455. The summed E-state index contributed by atoms with van der Waals surface area (Å²) in [4.78, 5) is 19.4. The smallest absolute Gasteiger partial charge is 0.258 e. The van der Waals surface area contributed by atoms with Crippen LogP contribution in [0.5, 0.6) is 0 Å². The van der Waals surface area contributed by atoms with Gasteiger partial charge >= 0.3 is 8.25 Å². The highest BCUT2D eigenvalue weighted by molar-refractivity contribution is 7.32. The Morgan fingerprint density at radius 2 is 1.94 bits per heavy atom. The van der Waals surface area contributed by atoms with Crippen molar-refractivity contribution in [2.75, 3.05) is 0 Å². The number of nitrogens with zero attached hydrogens (tertiary/aromatic N) is 1. The molecular weight excluding hydrogens is 257 g/mol. The quantitative estimate of drug-likeness (QED) is 0.487. The summed E-state index contributed by atoms with van der Waals surface area (Å²) in [6.07, 6.45) is 0.742. The van der Waals surface area contributed by atoms with Gasteiger partial charge in [-0.2, -0.15) is 0 Å². The number of hydrogen-bond donors (Lipinski definition) is 1. The van der Waals surface area contributed by atoms with Crippen molar-refractivity contribution < 1.29 is 18.9 Å². The van der Waals surface area contributed by atoms with Crippen molar-refractivity contribution in [3.63, 3.8) is 0 Å². The van der Waals surface area contributed by atoms with Gasteiger partial charge in [0.2, 0.25) is 0 Å². The van der Waals surface area contributed by atoms with Crippen LogP contribution >= 0.6 is 8.25 Å². The van der Waals surface area contributed by atoms with Crippen LogP contribution in [0.1, 0.15) is 32.3 Å². The van der Waals surface area contributed by atoms with Gasteiger partial charge in [0.05, 0.1) is 10.5 Å². The molecule has 0 bridgehead atoms. The third-order valence-electron chi connectivity index (χ3n) is 2.99. The Morgan fingerprint density at radius 3 is 2.39 bits per heavy atom. The van der Waals surface area contributed by atoms with E-state index in [0.29, 0.717) is 18.4 Å². The summed E-state index contributed by atoms with van der Waals surface area (Å²) < 4.78 is 16.0. The highest BCUT2D eigenvalue weighted by Gasteiger charge is 2.43. The molecular formula is C11H15NO5P+. The maximum absolute atomic E-state index is 11.0. The van der Waals surface area contributed by atoms with Gasteiger partial charge in [-0.15, -0.1) is 9.42 Å². The lowest BCUT2D eigenvalue weighted by atomic mass is 9.87. The molecule has 1 aromatic rings. The van der Waals surface area contributed by atoms with E-state index in [4.69, 9.17) is 9.42 Å². The molecule has 7 heteroatoms. The molecule has 0 aliphatic carbocycles. The van der Waals surface area contributed by atoms with Crippen molar-refractivity contribution in [3.8, 4) is 0 Å². The minimum Gasteiger partial charge on any atom is -0.258 e. The molecule has 0 saturated heterocycles. The molecule has 6 nitrogen and oxygen atoms in total. The van der Waals surface area contributed by atoms with Gasteiger partial charge in [0.25, 0.3) is 5.69 Å². The third kappa shape index (κ3) is 2.90. The summed E-state index contributed by atoms with van der Waals surface area (Å²) in [6, 6.07) is 6.13. The molecule has 0 aromatic heterocycles. The SMILES string of the molecule is CCC(CC)(O[P+](=O)O)c1ccccc1[N+](=O)[O-]. The lowest BCUT2D eigenvalue weighted by Gasteiger charge is -2.24. The van der Waals surface area contributed by atoms with E-state index in [1.54, 1.807) is 32.0 Å². The van der Waals surface area contributed by atoms with Gasteiger partial charge in [0, 0.05) is 10.6 Å². The molecule has 1 atom stereocenters. The minimum absolute atomic E-state index is 0.0990. The largest absolute Gasteiger partial charge is 0.695 e. The van der Waals surface area contributed by atoms with E-state index in [1.807, 2.05) is 0 Å². The summed E-state index contributed by atoms with van der Waals surface area (Å²) >= 11 is 0. The molecule has 0 spiro atoms. The second kappa shape index (κ2) is 6.00. The van der Waals surface area contributed by atoms with Gasteiger partial charge in [-0.3, -0.25) is 10.1 Å². The molecule has 0 amide bonds. The molecule has 0 saturated carbocycles. The second-order valence-electron chi connectivity index (χ2n) is 3.80. The van der Waals surface area contributed by atoms with Gasteiger partial charge in [0.1, 0.15) is 0 Å². The zero-order chi connectivity index (χ0) is 13.8. The van der Waals surface area contributed by atoms with E-state index in [-0.39, 0.29) is 5.69 Å². The average molecular weight is 272 g/mol.